The number of hydrogen-bond acceptors (Lipinski definition) is 4. The zero-order valence-corrected chi connectivity index (χ0v) is 14.1. The molecular weight excluding hydrogens is 337 g/mol. The molecule has 132 valence electrons. The first kappa shape index (κ1) is 18.2. The summed E-state index contributed by atoms with van der Waals surface area (Å²) >= 11 is 0. The van der Waals surface area contributed by atoms with Gasteiger partial charge in [-0.15, -0.1) is 0 Å². The van der Waals surface area contributed by atoms with Crippen LogP contribution in [0.2, 0.25) is 0 Å². The smallest absolute Gasteiger partial charge is 0.318 e. The van der Waals surface area contributed by atoms with Crippen LogP contribution >= 0.6 is 0 Å². The minimum absolute atomic E-state index is 0.00714. The number of halogens is 1. The molecule has 7 nitrogen and oxygen atoms in total. The second kappa shape index (κ2) is 7.61. The summed E-state index contributed by atoms with van der Waals surface area (Å²) in [6.45, 7) is 2.09. The average molecular weight is 357 g/mol. The minimum Gasteiger partial charge on any atom is -0.352 e. The van der Waals surface area contributed by atoms with Crippen molar-refractivity contribution in [3.05, 3.63) is 35.6 Å². The van der Waals surface area contributed by atoms with E-state index in [1.54, 1.807) is 0 Å². The molecule has 1 aliphatic heterocycles. The van der Waals surface area contributed by atoms with Crippen molar-refractivity contribution >= 4 is 21.8 Å². The van der Waals surface area contributed by atoms with E-state index in [0.29, 0.717) is 12.1 Å². The van der Waals surface area contributed by atoms with Gasteiger partial charge in [-0.3, -0.25) is 4.79 Å². The molecule has 24 heavy (non-hydrogen) atoms. The topological polar surface area (TPSA) is 95.6 Å². The van der Waals surface area contributed by atoms with Crippen molar-refractivity contribution < 1.29 is 22.4 Å². The Morgan fingerprint density at radius 3 is 2.67 bits per heavy atom. The van der Waals surface area contributed by atoms with Crippen molar-refractivity contribution in [3.63, 3.8) is 0 Å². The summed E-state index contributed by atoms with van der Waals surface area (Å²) in [5, 5.41) is 5.20. The van der Waals surface area contributed by atoms with E-state index in [1.807, 2.05) is 0 Å². The number of sulfone groups is 1. The average Bonchev–Trinajstić information content (AvgIpc) is 2.55. The number of hydrogen-bond donors (Lipinski definition) is 2. The van der Waals surface area contributed by atoms with Gasteiger partial charge in [-0.05, 0) is 17.7 Å². The number of carbonyl (C=O) groups is 2. The van der Waals surface area contributed by atoms with Gasteiger partial charge >= 0.3 is 6.03 Å². The molecule has 0 bridgehead atoms. The fraction of sp³-hybridized carbons (Fsp3) is 0.467. The van der Waals surface area contributed by atoms with Gasteiger partial charge in [-0.2, -0.15) is 0 Å². The second-order valence-corrected chi connectivity index (χ2v) is 7.88. The molecule has 1 unspecified atom stereocenters. The second-order valence-electron chi connectivity index (χ2n) is 5.41. The van der Waals surface area contributed by atoms with Crippen LogP contribution in [0.1, 0.15) is 18.5 Å². The number of carbonyl (C=O) groups excluding carboxylic acids is 2. The monoisotopic (exact) mass is 357 g/mol. The maximum absolute atomic E-state index is 13.1. The van der Waals surface area contributed by atoms with Crippen LogP contribution in [0.25, 0.3) is 0 Å². The Morgan fingerprint density at radius 1 is 1.38 bits per heavy atom. The van der Waals surface area contributed by atoms with Crippen LogP contribution in [-0.2, 0) is 14.6 Å². The van der Waals surface area contributed by atoms with Crippen LogP contribution < -0.4 is 10.6 Å². The number of amides is 3. The summed E-state index contributed by atoms with van der Waals surface area (Å²) < 4.78 is 36.0. The first-order chi connectivity index (χ1) is 11.3. The third-order valence-corrected chi connectivity index (χ3v) is 5.49. The maximum atomic E-state index is 13.1. The summed E-state index contributed by atoms with van der Waals surface area (Å²) in [5.41, 5.74) is 0.491. The van der Waals surface area contributed by atoms with E-state index in [2.05, 4.69) is 10.6 Å². The van der Waals surface area contributed by atoms with Crippen molar-refractivity contribution in [2.45, 2.75) is 13.0 Å². The van der Waals surface area contributed by atoms with Crippen LogP contribution in [0.3, 0.4) is 0 Å². The van der Waals surface area contributed by atoms with E-state index in [4.69, 9.17) is 0 Å². The summed E-state index contributed by atoms with van der Waals surface area (Å²) in [4.78, 5) is 25.8. The Labute approximate surface area is 140 Å². The number of piperazine rings is 1. The van der Waals surface area contributed by atoms with E-state index < -0.39 is 27.7 Å². The number of nitrogens with one attached hydrogen (secondary N) is 2. The number of benzene rings is 1. The van der Waals surface area contributed by atoms with Crippen LogP contribution in [0, 0.1) is 5.82 Å². The van der Waals surface area contributed by atoms with Gasteiger partial charge in [-0.1, -0.05) is 19.1 Å². The molecule has 9 heteroatoms. The number of nitrogens with zero attached hydrogens (tertiary/aromatic N) is 1. The van der Waals surface area contributed by atoms with Crippen molar-refractivity contribution in [2.75, 3.05) is 31.1 Å². The van der Waals surface area contributed by atoms with Crippen LogP contribution in [0.15, 0.2) is 24.3 Å². The van der Waals surface area contributed by atoms with Crippen molar-refractivity contribution in [2.24, 2.45) is 0 Å². The van der Waals surface area contributed by atoms with E-state index in [0.717, 1.165) is 0 Å². The van der Waals surface area contributed by atoms with Crippen LogP contribution in [0.5, 0.6) is 0 Å². The molecule has 1 aromatic carbocycles. The van der Waals surface area contributed by atoms with Gasteiger partial charge in [0.1, 0.15) is 11.9 Å². The summed E-state index contributed by atoms with van der Waals surface area (Å²) in [5.74, 6) is -0.941. The van der Waals surface area contributed by atoms with E-state index in [1.165, 1.54) is 36.1 Å². The van der Waals surface area contributed by atoms with Gasteiger partial charge in [-0.25, -0.2) is 17.6 Å². The molecular formula is C15H20FN3O4S. The summed E-state index contributed by atoms with van der Waals surface area (Å²) in [6, 6.07) is 3.95. The van der Waals surface area contributed by atoms with Gasteiger partial charge in [0.15, 0.2) is 9.84 Å². The number of rotatable bonds is 5. The van der Waals surface area contributed by atoms with Crippen molar-refractivity contribution in [1.82, 2.24) is 15.5 Å². The molecule has 1 fully saturated rings. The Morgan fingerprint density at radius 2 is 2.04 bits per heavy atom. The highest BCUT2D eigenvalue weighted by Crippen LogP contribution is 2.23. The highest BCUT2D eigenvalue weighted by molar-refractivity contribution is 7.91. The van der Waals surface area contributed by atoms with Gasteiger partial charge in [0.05, 0.1) is 5.75 Å². The molecule has 2 N–H and O–H groups in total. The first-order valence-electron chi connectivity index (χ1n) is 7.62. The largest absolute Gasteiger partial charge is 0.352 e. The lowest BCUT2D eigenvalue weighted by atomic mass is 10.0. The third kappa shape index (κ3) is 4.44. The Kier molecular flexibility index (Phi) is 5.76. The zero-order chi connectivity index (χ0) is 17.7. The molecule has 2 rings (SSSR count). The first-order valence-corrected chi connectivity index (χ1v) is 9.44. The molecule has 1 aliphatic rings. The minimum atomic E-state index is -3.18. The molecule has 1 heterocycles. The maximum Gasteiger partial charge on any atom is 0.318 e. The molecule has 0 radical (unpaired) electrons. The Bertz CT molecular complexity index is 706. The molecule has 0 saturated carbocycles. The molecule has 0 aliphatic carbocycles. The lowest BCUT2D eigenvalue weighted by Crippen LogP contribution is -2.55. The number of urea groups is 1. The van der Waals surface area contributed by atoms with Gasteiger partial charge in [0, 0.05) is 25.4 Å². The highest BCUT2D eigenvalue weighted by atomic mass is 32.2. The highest BCUT2D eigenvalue weighted by Gasteiger charge is 2.34. The van der Waals surface area contributed by atoms with E-state index in [9.17, 15) is 22.4 Å². The van der Waals surface area contributed by atoms with Gasteiger partial charge < -0.3 is 15.5 Å². The normalized spacial score (nSPS) is 18.2. The molecule has 0 aromatic heterocycles. The molecule has 3 amide bonds. The molecule has 1 saturated heterocycles. The fourth-order valence-electron chi connectivity index (χ4n) is 2.42. The summed E-state index contributed by atoms with van der Waals surface area (Å²) in [7, 11) is -3.18. The van der Waals surface area contributed by atoms with Crippen LogP contribution in [-0.4, -0.2) is 56.4 Å². The quantitative estimate of drug-likeness (QED) is 0.799. The van der Waals surface area contributed by atoms with Crippen molar-refractivity contribution in [1.29, 1.82) is 0 Å². The van der Waals surface area contributed by atoms with Gasteiger partial charge in [0.25, 0.3) is 0 Å². The fourth-order valence-corrected chi connectivity index (χ4v) is 3.12. The molecule has 1 aromatic rings. The Hall–Kier alpha value is -2.16. The van der Waals surface area contributed by atoms with Gasteiger partial charge in [0.2, 0.25) is 5.91 Å². The molecule has 0 spiro atoms. The standard InChI is InChI=1S/C15H20FN3O4S/c1-2-24(22,23)10-8-18-15(21)19-9-7-17-14(20)13(19)11-3-5-12(16)6-4-11/h3-6,13H,2,7-10H2,1H3,(H,17,20)(H,18,21). The predicted octanol–water partition coefficient (Wildman–Crippen LogP) is 0.443. The van der Waals surface area contributed by atoms with E-state index >= 15 is 0 Å². The third-order valence-electron chi connectivity index (χ3n) is 3.79. The summed E-state index contributed by atoms with van der Waals surface area (Å²) in [6.07, 6.45) is 0. The Balaban J connectivity index is 2.09. The van der Waals surface area contributed by atoms with E-state index in [-0.39, 0.29) is 30.5 Å². The lowest BCUT2D eigenvalue weighted by Gasteiger charge is -2.35. The predicted molar refractivity (Wildman–Crippen MR) is 86.6 cm³/mol. The van der Waals surface area contributed by atoms with Crippen LogP contribution in [0.4, 0.5) is 9.18 Å². The lowest BCUT2D eigenvalue weighted by molar-refractivity contribution is -0.127. The van der Waals surface area contributed by atoms with Crippen molar-refractivity contribution in [3.8, 4) is 0 Å². The zero-order valence-electron chi connectivity index (χ0n) is 13.3. The molecule has 1 atom stereocenters. The SMILES string of the molecule is CCS(=O)(=O)CCNC(=O)N1CCNC(=O)C1c1ccc(F)cc1.